The van der Waals surface area contributed by atoms with E-state index in [4.69, 9.17) is 15.9 Å². The molecule has 0 saturated carbocycles. The highest BCUT2D eigenvalue weighted by Gasteiger charge is 2.17. The van der Waals surface area contributed by atoms with E-state index < -0.39 is 0 Å². The Morgan fingerprint density at radius 2 is 2.24 bits per heavy atom. The van der Waals surface area contributed by atoms with Gasteiger partial charge in [-0.25, -0.2) is 4.99 Å². The van der Waals surface area contributed by atoms with Crippen LogP contribution in [0.3, 0.4) is 0 Å². The Bertz CT molecular complexity index is 558. The summed E-state index contributed by atoms with van der Waals surface area (Å²) in [6, 6.07) is 3.91. The van der Waals surface area contributed by atoms with Gasteiger partial charge in [0.2, 0.25) is 6.79 Å². The lowest BCUT2D eigenvalue weighted by molar-refractivity contribution is 0.173. The maximum atomic E-state index is 5.38. The molecule has 1 heterocycles. The molecular weight excluding hydrogens is 449 g/mol. The zero-order valence-electron chi connectivity index (χ0n) is 11.6. The van der Waals surface area contributed by atoms with Crippen LogP contribution in [0.25, 0.3) is 0 Å². The second-order valence-corrected chi connectivity index (χ2v) is 4.92. The van der Waals surface area contributed by atoms with Crippen molar-refractivity contribution in [1.29, 1.82) is 0 Å². The first-order chi connectivity index (χ1) is 9.74. The Morgan fingerprint density at radius 1 is 1.43 bits per heavy atom. The molecule has 0 unspecified atom stereocenters. The Balaban J connectivity index is 0.00000220. The second kappa shape index (κ2) is 9.00. The van der Waals surface area contributed by atoms with Gasteiger partial charge in [-0.2, -0.15) is 0 Å². The van der Waals surface area contributed by atoms with Gasteiger partial charge >= 0.3 is 0 Å². The molecule has 2 rings (SSSR count). The van der Waals surface area contributed by atoms with Gasteiger partial charge in [0.05, 0.1) is 17.6 Å². The summed E-state index contributed by atoms with van der Waals surface area (Å²) in [5.41, 5.74) is 1.03. The SMILES string of the molecule is C#CCNC(=NCc1cc(Br)c2c(c1)OCO2)NCC.I. The first-order valence-electron chi connectivity index (χ1n) is 6.28. The molecule has 114 valence electrons. The van der Waals surface area contributed by atoms with Crippen LogP contribution in [0.4, 0.5) is 0 Å². The molecule has 0 atom stereocenters. The van der Waals surface area contributed by atoms with Crippen LogP contribution in [0.5, 0.6) is 11.5 Å². The molecule has 0 saturated heterocycles. The Morgan fingerprint density at radius 3 is 2.95 bits per heavy atom. The molecule has 0 spiro atoms. The van der Waals surface area contributed by atoms with E-state index in [-0.39, 0.29) is 30.8 Å². The fraction of sp³-hybridized carbons (Fsp3) is 0.357. The smallest absolute Gasteiger partial charge is 0.231 e. The summed E-state index contributed by atoms with van der Waals surface area (Å²) in [5.74, 6) is 4.70. The molecule has 7 heteroatoms. The number of hydrogen-bond donors (Lipinski definition) is 2. The van der Waals surface area contributed by atoms with Crippen LogP contribution in [0.2, 0.25) is 0 Å². The standard InChI is InChI=1S/C14H16BrN3O2.HI/c1-3-5-17-14(16-4-2)18-8-10-6-11(15)13-12(7-10)19-9-20-13;/h1,6-7H,4-5,8-9H2,2H3,(H2,16,17,18);1H. The Hall–Kier alpha value is -1.14. The van der Waals surface area contributed by atoms with Crippen molar-refractivity contribution in [2.24, 2.45) is 4.99 Å². The summed E-state index contributed by atoms with van der Waals surface area (Å²) in [4.78, 5) is 4.47. The lowest BCUT2D eigenvalue weighted by Crippen LogP contribution is -2.37. The zero-order valence-corrected chi connectivity index (χ0v) is 15.5. The van der Waals surface area contributed by atoms with Crippen LogP contribution >= 0.6 is 39.9 Å². The number of rotatable bonds is 4. The summed E-state index contributed by atoms with van der Waals surface area (Å²) < 4.78 is 11.6. The molecule has 0 radical (unpaired) electrons. The summed E-state index contributed by atoms with van der Waals surface area (Å²) in [6.07, 6.45) is 5.23. The summed E-state index contributed by atoms with van der Waals surface area (Å²) >= 11 is 3.47. The highest BCUT2D eigenvalue weighted by atomic mass is 127. The molecule has 21 heavy (non-hydrogen) atoms. The van der Waals surface area contributed by atoms with Crippen molar-refractivity contribution >= 4 is 45.9 Å². The van der Waals surface area contributed by atoms with E-state index in [1.165, 1.54) is 0 Å². The van der Waals surface area contributed by atoms with E-state index in [0.717, 1.165) is 28.1 Å². The molecule has 0 fully saturated rings. The third kappa shape index (κ3) is 4.97. The van der Waals surface area contributed by atoms with Crippen LogP contribution in [0.1, 0.15) is 12.5 Å². The van der Waals surface area contributed by atoms with Crippen molar-refractivity contribution in [1.82, 2.24) is 10.6 Å². The van der Waals surface area contributed by atoms with Crippen LogP contribution < -0.4 is 20.1 Å². The Kier molecular flexibility index (Phi) is 7.67. The van der Waals surface area contributed by atoms with E-state index in [0.29, 0.717) is 19.0 Å². The number of ether oxygens (including phenoxy) is 2. The van der Waals surface area contributed by atoms with Gasteiger partial charge in [-0.15, -0.1) is 30.4 Å². The highest BCUT2D eigenvalue weighted by Crippen LogP contribution is 2.40. The van der Waals surface area contributed by atoms with Crippen LogP contribution in [0.15, 0.2) is 21.6 Å². The number of benzene rings is 1. The van der Waals surface area contributed by atoms with Gasteiger partial charge in [0, 0.05) is 6.54 Å². The topological polar surface area (TPSA) is 54.9 Å². The minimum Gasteiger partial charge on any atom is -0.454 e. The van der Waals surface area contributed by atoms with E-state index in [1.54, 1.807) is 0 Å². The molecule has 0 aromatic heterocycles. The number of nitrogens with zero attached hydrogens (tertiary/aromatic N) is 1. The molecule has 1 aromatic carbocycles. The van der Waals surface area contributed by atoms with E-state index >= 15 is 0 Å². The summed E-state index contributed by atoms with van der Waals surface area (Å²) in [5, 5.41) is 6.17. The van der Waals surface area contributed by atoms with Gasteiger partial charge in [-0.3, -0.25) is 0 Å². The van der Waals surface area contributed by atoms with Gasteiger partial charge in [0.1, 0.15) is 0 Å². The fourth-order valence-corrected chi connectivity index (χ4v) is 2.36. The van der Waals surface area contributed by atoms with Crippen molar-refractivity contribution in [2.75, 3.05) is 19.9 Å². The largest absolute Gasteiger partial charge is 0.454 e. The average Bonchev–Trinajstić information content (AvgIpc) is 2.91. The van der Waals surface area contributed by atoms with E-state index in [2.05, 4.69) is 37.5 Å². The first-order valence-corrected chi connectivity index (χ1v) is 7.07. The number of aliphatic imine (C=N–C) groups is 1. The molecule has 2 N–H and O–H groups in total. The summed E-state index contributed by atoms with van der Waals surface area (Å²) in [6.45, 7) is 4.00. The number of halogens is 2. The molecule has 1 aliphatic rings. The fourth-order valence-electron chi connectivity index (χ4n) is 1.76. The molecule has 0 amide bonds. The Labute approximate surface area is 150 Å². The molecule has 0 aliphatic carbocycles. The lowest BCUT2D eigenvalue weighted by Gasteiger charge is -2.09. The minimum absolute atomic E-state index is 0. The molecular formula is C14H17BrIN3O2. The van der Waals surface area contributed by atoms with Crippen LogP contribution in [-0.4, -0.2) is 25.8 Å². The van der Waals surface area contributed by atoms with Gasteiger partial charge < -0.3 is 20.1 Å². The number of nitrogens with one attached hydrogen (secondary N) is 2. The summed E-state index contributed by atoms with van der Waals surface area (Å²) in [7, 11) is 0. The molecule has 1 aromatic rings. The average molecular weight is 466 g/mol. The third-order valence-electron chi connectivity index (χ3n) is 2.61. The van der Waals surface area contributed by atoms with Crippen molar-refractivity contribution in [3.05, 3.63) is 22.2 Å². The highest BCUT2D eigenvalue weighted by molar-refractivity contribution is 14.0. The normalized spacial score (nSPS) is 12.3. The zero-order chi connectivity index (χ0) is 14.4. The van der Waals surface area contributed by atoms with Crippen molar-refractivity contribution in [3.63, 3.8) is 0 Å². The predicted octanol–water partition coefficient (Wildman–Crippen LogP) is 2.48. The van der Waals surface area contributed by atoms with Gasteiger partial charge in [0.15, 0.2) is 17.5 Å². The van der Waals surface area contributed by atoms with Gasteiger partial charge in [0.25, 0.3) is 0 Å². The van der Waals surface area contributed by atoms with E-state index in [9.17, 15) is 0 Å². The van der Waals surface area contributed by atoms with Crippen LogP contribution in [-0.2, 0) is 6.54 Å². The lowest BCUT2D eigenvalue weighted by atomic mass is 10.2. The second-order valence-electron chi connectivity index (χ2n) is 4.06. The molecule has 1 aliphatic heterocycles. The van der Waals surface area contributed by atoms with Gasteiger partial charge in [-0.05, 0) is 40.5 Å². The van der Waals surface area contributed by atoms with E-state index in [1.807, 2.05) is 19.1 Å². The molecule has 0 bridgehead atoms. The number of hydrogen-bond acceptors (Lipinski definition) is 3. The minimum atomic E-state index is 0. The maximum absolute atomic E-state index is 5.38. The maximum Gasteiger partial charge on any atom is 0.231 e. The number of fused-ring (bicyclic) bond motifs is 1. The van der Waals surface area contributed by atoms with Crippen molar-refractivity contribution in [3.8, 4) is 23.8 Å². The predicted molar refractivity (Wildman–Crippen MR) is 97.3 cm³/mol. The number of guanidine groups is 1. The number of terminal acetylenes is 1. The quantitative estimate of drug-likeness (QED) is 0.310. The van der Waals surface area contributed by atoms with Crippen molar-refractivity contribution < 1.29 is 9.47 Å². The van der Waals surface area contributed by atoms with Crippen LogP contribution in [0, 0.1) is 12.3 Å². The van der Waals surface area contributed by atoms with Gasteiger partial charge in [-0.1, -0.05) is 5.92 Å². The first kappa shape index (κ1) is 17.9. The van der Waals surface area contributed by atoms with Crippen molar-refractivity contribution in [2.45, 2.75) is 13.5 Å². The molecule has 5 nitrogen and oxygen atoms in total. The third-order valence-corrected chi connectivity index (χ3v) is 3.20. The monoisotopic (exact) mass is 465 g/mol.